The molecular weight excluding hydrogens is 252 g/mol. The second-order valence-corrected chi connectivity index (χ2v) is 4.86. The molecule has 1 atom stereocenters. The maximum atomic E-state index is 11.8. The van der Waals surface area contributed by atoms with Crippen LogP contribution in [0.15, 0.2) is 43.0 Å². The van der Waals surface area contributed by atoms with Crippen LogP contribution in [0, 0.1) is 0 Å². The summed E-state index contributed by atoms with van der Waals surface area (Å²) in [5, 5.41) is 7.06. The van der Waals surface area contributed by atoms with Crippen LogP contribution in [0.25, 0.3) is 0 Å². The highest BCUT2D eigenvalue weighted by Gasteiger charge is 2.10. The SMILES string of the molecule is C[C@H](CC(=O)NCCCn1cccn1)c1cccnc1. The van der Waals surface area contributed by atoms with E-state index in [1.165, 1.54) is 0 Å². The zero-order valence-corrected chi connectivity index (χ0v) is 11.7. The van der Waals surface area contributed by atoms with Gasteiger partial charge in [-0.3, -0.25) is 14.5 Å². The Hall–Kier alpha value is -2.17. The Labute approximate surface area is 119 Å². The number of nitrogens with zero attached hydrogens (tertiary/aromatic N) is 3. The average molecular weight is 272 g/mol. The number of nitrogens with one attached hydrogen (secondary N) is 1. The van der Waals surface area contributed by atoms with Crippen molar-refractivity contribution >= 4 is 5.91 Å². The molecule has 0 saturated carbocycles. The summed E-state index contributed by atoms with van der Waals surface area (Å²) in [7, 11) is 0. The molecule has 1 amide bonds. The summed E-state index contributed by atoms with van der Waals surface area (Å²) in [5.41, 5.74) is 1.10. The summed E-state index contributed by atoms with van der Waals surface area (Å²) in [6.45, 7) is 3.55. The van der Waals surface area contributed by atoms with Gasteiger partial charge in [-0.1, -0.05) is 13.0 Å². The largest absolute Gasteiger partial charge is 0.356 e. The number of carbonyl (C=O) groups excluding carboxylic acids is 1. The van der Waals surface area contributed by atoms with Gasteiger partial charge in [0.1, 0.15) is 0 Å². The van der Waals surface area contributed by atoms with E-state index in [1.807, 2.05) is 42.2 Å². The Balaban J connectivity index is 1.65. The Morgan fingerprint density at radius 1 is 1.40 bits per heavy atom. The van der Waals surface area contributed by atoms with Crippen molar-refractivity contribution in [2.45, 2.75) is 32.2 Å². The van der Waals surface area contributed by atoms with Crippen molar-refractivity contribution in [3.8, 4) is 0 Å². The molecule has 0 fully saturated rings. The lowest BCUT2D eigenvalue weighted by Gasteiger charge is -2.11. The van der Waals surface area contributed by atoms with Gasteiger partial charge in [0.2, 0.25) is 5.91 Å². The predicted molar refractivity (Wildman–Crippen MR) is 77.1 cm³/mol. The Bertz CT molecular complexity index is 510. The third-order valence-corrected chi connectivity index (χ3v) is 3.19. The average Bonchev–Trinajstić information content (AvgIpc) is 2.98. The lowest BCUT2D eigenvalue weighted by Crippen LogP contribution is -2.26. The van der Waals surface area contributed by atoms with E-state index in [-0.39, 0.29) is 11.8 Å². The van der Waals surface area contributed by atoms with E-state index in [4.69, 9.17) is 0 Å². The van der Waals surface area contributed by atoms with Crippen molar-refractivity contribution in [1.29, 1.82) is 0 Å². The van der Waals surface area contributed by atoms with Crippen molar-refractivity contribution < 1.29 is 4.79 Å². The molecule has 1 N–H and O–H groups in total. The zero-order valence-electron chi connectivity index (χ0n) is 11.7. The van der Waals surface area contributed by atoms with Gasteiger partial charge < -0.3 is 5.32 Å². The number of rotatable bonds is 7. The molecule has 2 rings (SSSR count). The maximum absolute atomic E-state index is 11.8. The van der Waals surface area contributed by atoms with Gasteiger partial charge in [-0.2, -0.15) is 5.10 Å². The van der Waals surface area contributed by atoms with E-state index in [0.717, 1.165) is 18.5 Å². The molecule has 2 aromatic heterocycles. The van der Waals surface area contributed by atoms with Gasteiger partial charge in [0.15, 0.2) is 0 Å². The van der Waals surface area contributed by atoms with Crippen LogP contribution < -0.4 is 5.32 Å². The van der Waals surface area contributed by atoms with Crippen LogP contribution in [0.2, 0.25) is 0 Å². The third kappa shape index (κ3) is 4.50. The van der Waals surface area contributed by atoms with Gasteiger partial charge in [0.05, 0.1) is 0 Å². The molecule has 20 heavy (non-hydrogen) atoms. The molecular formula is C15H20N4O. The number of aromatic nitrogens is 3. The van der Waals surface area contributed by atoms with Crippen LogP contribution in [-0.4, -0.2) is 27.2 Å². The number of pyridine rings is 1. The first-order valence-electron chi connectivity index (χ1n) is 6.90. The molecule has 0 saturated heterocycles. The highest BCUT2D eigenvalue weighted by Crippen LogP contribution is 2.16. The molecule has 2 heterocycles. The summed E-state index contributed by atoms with van der Waals surface area (Å²) >= 11 is 0. The molecule has 0 unspecified atom stereocenters. The minimum absolute atomic E-state index is 0.0850. The number of amides is 1. The smallest absolute Gasteiger partial charge is 0.220 e. The van der Waals surface area contributed by atoms with Gasteiger partial charge in [0, 0.05) is 44.3 Å². The van der Waals surface area contributed by atoms with E-state index in [9.17, 15) is 4.79 Å². The fourth-order valence-corrected chi connectivity index (χ4v) is 2.04. The monoisotopic (exact) mass is 272 g/mol. The van der Waals surface area contributed by atoms with Crippen LogP contribution in [-0.2, 0) is 11.3 Å². The second-order valence-electron chi connectivity index (χ2n) is 4.86. The van der Waals surface area contributed by atoms with E-state index in [2.05, 4.69) is 15.4 Å². The van der Waals surface area contributed by atoms with Crippen LogP contribution in [0.4, 0.5) is 0 Å². The minimum atomic E-state index is 0.0850. The molecule has 5 nitrogen and oxygen atoms in total. The molecule has 0 aliphatic heterocycles. The third-order valence-electron chi connectivity index (χ3n) is 3.19. The molecule has 0 radical (unpaired) electrons. The van der Waals surface area contributed by atoms with Crippen LogP contribution >= 0.6 is 0 Å². The van der Waals surface area contributed by atoms with E-state index >= 15 is 0 Å². The minimum Gasteiger partial charge on any atom is -0.356 e. The summed E-state index contributed by atoms with van der Waals surface area (Å²) < 4.78 is 1.87. The predicted octanol–water partition coefficient (Wildman–Crippen LogP) is 1.98. The molecule has 0 aromatic carbocycles. The number of hydrogen-bond acceptors (Lipinski definition) is 3. The standard InChI is InChI=1S/C15H20N4O/c1-13(14-5-2-6-16-12-14)11-15(20)17-7-3-9-19-10-4-8-18-19/h2,4-6,8,10,12-13H,3,7,9,11H2,1H3,(H,17,20)/t13-/m1/s1. The lowest BCUT2D eigenvalue weighted by atomic mass is 9.99. The van der Waals surface area contributed by atoms with Crippen molar-refractivity contribution in [1.82, 2.24) is 20.1 Å². The Morgan fingerprint density at radius 2 is 2.30 bits per heavy atom. The van der Waals surface area contributed by atoms with Crippen molar-refractivity contribution in [2.24, 2.45) is 0 Å². The van der Waals surface area contributed by atoms with E-state index in [0.29, 0.717) is 13.0 Å². The fraction of sp³-hybridized carbons (Fsp3) is 0.400. The molecule has 2 aromatic rings. The first-order valence-corrected chi connectivity index (χ1v) is 6.90. The summed E-state index contributed by atoms with van der Waals surface area (Å²) in [6, 6.07) is 5.80. The fourth-order valence-electron chi connectivity index (χ4n) is 2.04. The van der Waals surface area contributed by atoms with Gasteiger partial charge >= 0.3 is 0 Å². The second kappa shape index (κ2) is 7.43. The Kier molecular flexibility index (Phi) is 5.29. The molecule has 106 valence electrons. The van der Waals surface area contributed by atoms with Gasteiger partial charge in [-0.05, 0) is 30.0 Å². The van der Waals surface area contributed by atoms with Crippen molar-refractivity contribution in [2.75, 3.05) is 6.54 Å². The van der Waals surface area contributed by atoms with Gasteiger partial charge in [0.25, 0.3) is 0 Å². The maximum Gasteiger partial charge on any atom is 0.220 e. The van der Waals surface area contributed by atoms with Gasteiger partial charge in [-0.25, -0.2) is 0 Å². The Morgan fingerprint density at radius 3 is 3.00 bits per heavy atom. The van der Waals surface area contributed by atoms with Crippen LogP contribution in [0.5, 0.6) is 0 Å². The summed E-state index contributed by atoms with van der Waals surface area (Å²) in [4.78, 5) is 15.9. The highest BCUT2D eigenvalue weighted by molar-refractivity contribution is 5.76. The molecule has 0 aliphatic carbocycles. The van der Waals surface area contributed by atoms with Crippen LogP contribution in [0.3, 0.4) is 0 Å². The lowest BCUT2D eigenvalue weighted by molar-refractivity contribution is -0.121. The van der Waals surface area contributed by atoms with Crippen LogP contribution in [0.1, 0.15) is 31.2 Å². The highest BCUT2D eigenvalue weighted by atomic mass is 16.1. The molecule has 0 aliphatic rings. The zero-order chi connectivity index (χ0) is 14.2. The first kappa shape index (κ1) is 14.2. The molecule has 0 bridgehead atoms. The number of hydrogen-bond donors (Lipinski definition) is 1. The molecule has 0 spiro atoms. The van der Waals surface area contributed by atoms with Crippen molar-refractivity contribution in [3.63, 3.8) is 0 Å². The molecule has 5 heteroatoms. The first-order chi connectivity index (χ1) is 9.75. The topological polar surface area (TPSA) is 59.8 Å². The van der Waals surface area contributed by atoms with E-state index < -0.39 is 0 Å². The number of aryl methyl sites for hydroxylation is 1. The summed E-state index contributed by atoms with van der Waals surface area (Å²) in [5.74, 6) is 0.275. The summed E-state index contributed by atoms with van der Waals surface area (Å²) in [6.07, 6.45) is 8.61. The van der Waals surface area contributed by atoms with E-state index in [1.54, 1.807) is 12.4 Å². The van der Waals surface area contributed by atoms with Gasteiger partial charge in [-0.15, -0.1) is 0 Å². The quantitative estimate of drug-likeness (QED) is 0.784. The normalized spacial score (nSPS) is 12.1. The number of carbonyl (C=O) groups is 1. The van der Waals surface area contributed by atoms with Crippen molar-refractivity contribution in [3.05, 3.63) is 48.5 Å².